The lowest BCUT2D eigenvalue weighted by molar-refractivity contribution is 0.0928. The number of likely N-dealkylation sites (tertiary alicyclic amines) is 1. The Balaban J connectivity index is 0.00000432. The fourth-order valence-corrected chi connectivity index (χ4v) is 4.07. The average Bonchev–Trinajstić information content (AvgIpc) is 3.29. The second-order valence-electron chi connectivity index (χ2n) is 10.3. The summed E-state index contributed by atoms with van der Waals surface area (Å²) in [6, 6.07) is 3.36. The van der Waals surface area contributed by atoms with Gasteiger partial charge in [0.25, 0.3) is 5.91 Å². The first-order valence-electron chi connectivity index (χ1n) is 12.3. The molecule has 2 saturated heterocycles. The number of pyridine rings is 1. The van der Waals surface area contributed by atoms with Crippen LogP contribution in [0.15, 0.2) is 17.1 Å². The van der Waals surface area contributed by atoms with E-state index in [1.165, 1.54) is 0 Å². The topological polar surface area (TPSA) is 119 Å². The fraction of sp³-hybridized carbons (Fsp3) is 0.680. The first kappa shape index (κ1) is 25.9. The van der Waals surface area contributed by atoms with Gasteiger partial charge in [-0.25, -0.2) is 9.78 Å². The highest BCUT2D eigenvalue weighted by Gasteiger charge is 2.24. The second kappa shape index (κ2) is 11.6. The summed E-state index contributed by atoms with van der Waals surface area (Å²) in [6.07, 6.45) is 4.72. The van der Waals surface area contributed by atoms with Crippen molar-refractivity contribution in [2.24, 2.45) is 22.1 Å². The van der Waals surface area contributed by atoms with Crippen molar-refractivity contribution >= 4 is 17.8 Å². The van der Waals surface area contributed by atoms with E-state index >= 15 is 0 Å². The van der Waals surface area contributed by atoms with Crippen LogP contribution in [-0.2, 0) is 4.74 Å². The van der Waals surface area contributed by atoms with Gasteiger partial charge in [0.15, 0.2) is 0 Å². The van der Waals surface area contributed by atoms with Gasteiger partial charge in [0.2, 0.25) is 5.88 Å². The van der Waals surface area contributed by atoms with Gasteiger partial charge in [-0.1, -0.05) is 20.8 Å². The van der Waals surface area contributed by atoms with Gasteiger partial charge in [-0.15, -0.1) is 0 Å². The van der Waals surface area contributed by atoms with E-state index in [4.69, 9.17) is 15.2 Å². The zero-order chi connectivity index (χ0) is 24.7. The molecule has 3 rings (SSSR count). The minimum Gasteiger partial charge on any atom is -0.478 e. The van der Waals surface area contributed by atoms with Crippen LogP contribution in [0.5, 0.6) is 5.88 Å². The van der Waals surface area contributed by atoms with Crippen molar-refractivity contribution in [3.63, 3.8) is 0 Å². The molecule has 3 heterocycles. The minimum absolute atomic E-state index is 0. The standard InChI is InChI=1S/C25H39N5O4.H2/c1-17-20(22(31)28-19-11-15-33-16-19)7-8-21(27-17)34-14-5-6-18-9-12-30(13-10-18)24(32)29-23(26)25(2,3)4;/h7-8,18-19H,5-6,9-16H2,1-4H3,(H,28,31)(H2,26,29,32);1H/t19-;/m1./s1. The third kappa shape index (κ3) is 7.41. The maximum atomic E-state index is 12.4. The number of amides is 3. The van der Waals surface area contributed by atoms with Gasteiger partial charge in [-0.05, 0) is 51.0 Å². The lowest BCUT2D eigenvalue weighted by Crippen LogP contribution is -2.39. The van der Waals surface area contributed by atoms with E-state index in [9.17, 15) is 9.59 Å². The van der Waals surface area contributed by atoms with E-state index in [1.807, 2.05) is 27.7 Å². The van der Waals surface area contributed by atoms with E-state index in [1.54, 1.807) is 17.0 Å². The van der Waals surface area contributed by atoms with E-state index in [2.05, 4.69) is 15.3 Å². The van der Waals surface area contributed by atoms with Crippen molar-refractivity contribution in [2.45, 2.75) is 65.8 Å². The number of aliphatic imine (C=N–C) groups is 1. The molecule has 9 nitrogen and oxygen atoms in total. The molecule has 0 aliphatic carbocycles. The molecular formula is C25H41N5O4. The summed E-state index contributed by atoms with van der Waals surface area (Å²) in [6.45, 7) is 10.9. The van der Waals surface area contributed by atoms with Crippen molar-refractivity contribution in [2.75, 3.05) is 32.9 Å². The smallest absolute Gasteiger partial charge is 0.345 e. The Morgan fingerprint density at radius 3 is 2.65 bits per heavy atom. The van der Waals surface area contributed by atoms with Crippen LogP contribution in [0.3, 0.4) is 0 Å². The van der Waals surface area contributed by atoms with Gasteiger partial charge >= 0.3 is 6.03 Å². The molecule has 2 aliphatic heterocycles. The molecule has 1 aromatic rings. The molecule has 3 amide bonds. The van der Waals surface area contributed by atoms with Crippen LogP contribution in [0.2, 0.25) is 0 Å². The monoisotopic (exact) mass is 475 g/mol. The third-order valence-corrected chi connectivity index (χ3v) is 6.45. The SMILES string of the molecule is Cc1nc(OCCCC2CCN(C(=O)/N=C(\N)C(C)(C)C)CC2)ccc1C(=O)N[C@@H]1CCOC1.[HH]. The molecule has 0 bridgehead atoms. The molecule has 2 fully saturated rings. The summed E-state index contributed by atoms with van der Waals surface area (Å²) < 4.78 is 11.1. The summed E-state index contributed by atoms with van der Waals surface area (Å²) in [5, 5.41) is 2.99. The van der Waals surface area contributed by atoms with E-state index in [-0.39, 0.29) is 24.8 Å². The number of aryl methyl sites for hydroxylation is 1. The predicted molar refractivity (Wildman–Crippen MR) is 133 cm³/mol. The lowest BCUT2D eigenvalue weighted by Gasteiger charge is -2.31. The third-order valence-electron chi connectivity index (χ3n) is 6.45. The van der Waals surface area contributed by atoms with Crippen LogP contribution in [0.25, 0.3) is 0 Å². The molecule has 2 aliphatic rings. The van der Waals surface area contributed by atoms with Gasteiger partial charge in [0, 0.05) is 32.6 Å². The Hall–Kier alpha value is -2.68. The number of carbonyl (C=O) groups excluding carboxylic acids is 2. The maximum Gasteiger partial charge on any atom is 0.345 e. The molecule has 0 radical (unpaired) electrons. The zero-order valence-corrected chi connectivity index (χ0v) is 20.9. The zero-order valence-electron chi connectivity index (χ0n) is 20.9. The van der Waals surface area contributed by atoms with Gasteiger partial charge in [0.1, 0.15) is 5.84 Å². The Labute approximate surface area is 204 Å². The molecule has 1 atom stereocenters. The summed E-state index contributed by atoms with van der Waals surface area (Å²) in [7, 11) is 0. The van der Waals surface area contributed by atoms with Crippen LogP contribution in [-0.4, -0.2) is 66.6 Å². The first-order chi connectivity index (χ1) is 16.1. The molecule has 0 aromatic carbocycles. The molecular weight excluding hydrogens is 434 g/mol. The van der Waals surface area contributed by atoms with Crippen LogP contribution in [0.4, 0.5) is 4.79 Å². The van der Waals surface area contributed by atoms with Gasteiger partial charge in [0.05, 0.1) is 30.5 Å². The highest BCUT2D eigenvalue weighted by atomic mass is 16.5. The molecule has 34 heavy (non-hydrogen) atoms. The van der Waals surface area contributed by atoms with E-state index in [0.717, 1.165) is 32.1 Å². The number of amidine groups is 1. The Morgan fingerprint density at radius 2 is 2.03 bits per heavy atom. The number of nitrogens with one attached hydrogen (secondary N) is 1. The number of hydrogen-bond donors (Lipinski definition) is 2. The predicted octanol–water partition coefficient (Wildman–Crippen LogP) is 3.55. The van der Waals surface area contributed by atoms with Crippen molar-refractivity contribution in [3.05, 3.63) is 23.4 Å². The molecule has 0 spiro atoms. The Bertz CT molecular complexity index is 888. The summed E-state index contributed by atoms with van der Waals surface area (Å²) in [5.41, 5.74) is 6.85. The van der Waals surface area contributed by atoms with E-state index < -0.39 is 0 Å². The number of carbonyl (C=O) groups is 2. The molecule has 1 aromatic heterocycles. The number of nitrogens with zero attached hydrogens (tertiary/aromatic N) is 3. The van der Waals surface area contributed by atoms with Crippen LogP contribution < -0.4 is 15.8 Å². The number of rotatable bonds is 7. The molecule has 3 N–H and O–H groups in total. The number of piperidine rings is 1. The lowest BCUT2D eigenvalue weighted by atomic mass is 9.92. The summed E-state index contributed by atoms with van der Waals surface area (Å²) in [5.74, 6) is 1.35. The quantitative estimate of drug-likeness (QED) is 0.354. The maximum absolute atomic E-state index is 12.4. The number of hydrogen-bond acceptors (Lipinski definition) is 5. The number of nitrogens with two attached hydrogens (primary N) is 1. The summed E-state index contributed by atoms with van der Waals surface area (Å²) >= 11 is 0. The molecule has 9 heteroatoms. The fourth-order valence-electron chi connectivity index (χ4n) is 4.07. The van der Waals surface area contributed by atoms with Crippen LogP contribution in [0.1, 0.15) is 70.4 Å². The Kier molecular flexibility index (Phi) is 8.88. The van der Waals surface area contributed by atoms with Gasteiger partial charge in [-0.3, -0.25) is 4.79 Å². The molecule has 0 unspecified atom stereocenters. The minimum atomic E-state index is -0.307. The second-order valence-corrected chi connectivity index (χ2v) is 10.3. The summed E-state index contributed by atoms with van der Waals surface area (Å²) in [4.78, 5) is 35.1. The first-order valence-corrected chi connectivity index (χ1v) is 12.3. The molecule has 190 valence electrons. The van der Waals surface area contributed by atoms with Gasteiger partial charge < -0.3 is 25.4 Å². The van der Waals surface area contributed by atoms with Crippen molar-refractivity contribution in [3.8, 4) is 5.88 Å². The molecule has 0 saturated carbocycles. The highest BCUT2D eigenvalue weighted by molar-refractivity contribution is 5.96. The number of aromatic nitrogens is 1. The van der Waals surface area contributed by atoms with Crippen LogP contribution in [0, 0.1) is 18.3 Å². The average molecular weight is 476 g/mol. The van der Waals surface area contributed by atoms with E-state index in [0.29, 0.717) is 61.8 Å². The van der Waals surface area contributed by atoms with Crippen LogP contribution >= 0.6 is 0 Å². The highest BCUT2D eigenvalue weighted by Crippen LogP contribution is 2.23. The Morgan fingerprint density at radius 1 is 1.29 bits per heavy atom. The number of urea groups is 1. The largest absolute Gasteiger partial charge is 0.478 e. The van der Waals surface area contributed by atoms with Crippen molar-refractivity contribution < 1.29 is 20.5 Å². The van der Waals surface area contributed by atoms with Crippen molar-refractivity contribution in [1.29, 1.82) is 0 Å². The van der Waals surface area contributed by atoms with Gasteiger partial charge in [-0.2, -0.15) is 4.99 Å². The normalized spacial score (nSPS) is 19.8. The number of ether oxygens (including phenoxy) is 2. The van der Waals surface area contributed by atoms with Crippen molar-refractivity contribution in [1.82, 2.24) is 15.2 Å².